The lowest BCUT2D eigenvalue weighted by molar-refractivity contribution is -0.386. The molecule has 4 aromatic heterocycles. The van der Waals surface area contributed by atoms with Gasteiger partial charge in [-0.2, -0.15) is 27.2 Å². The second kappa shape index (κ2) is 41.0. The minimum absolute atomic E-state index is 0.00880. The Balaban J connectivity index is 0.000000248. The van der Waals surface area contributed by atoms with Crippen LogP contribution in [0.1, 0.15) is 178 Å². The minimum Gasteiger partial charge on any atom is -0.545 e. The average Bonchev–Trinajstić information content (AvgIpc) is 1.37. The number of carboxylic acid groups (broad SMARTS) is 1. The van der Waals surface area contributed by atoms with Gasteiger partial charge in [0, 0.05) is 130 Å². The first kappa shape index (κ1) is 103. The second-order valence-corrected chi connectivity index (χ2v) is 42.8. The molecule has 1 amide bonds. The number of phosphoric ester groups is 2. The lowest BCUT2D eigenvalue weighted by Crippen LogP contribution is -2.45. The van der Waals surface area contributed by atoms with Gasteiger partial charge < -0.3 is 119 Å². The van der Waals surface area contributed by atoms with Crippen LogP contribution < -0.4 is 63.5 Å². The number of carboxylic acids is 1. The number of rotatable bonds is 32. The van der Waals surface area contributed by atoms with Gasteiger partial charge in [-0.05, 0) is 110 Å². The molecule has 12 atom stereocenters. The van der Waals surface area contributed by atoms with Crippen LogP contribution in [0, 0.1) is 55.7 Å². The number of nitro benzene ring substituents is 2. The molecule has 16 rings (SSSR count). The molecule has 0 radical (unpaired) electrons. The van der Waals surface area contributed by atoms with Crippen LogP contribution in [0.2, 0.25) is 0 Å². The van der Waals surface area contributed by atoms with Crippen LogP contribution in [-0.2, 0) is 112 Å². The summed E-state index contributed by atoms with van der Waals surface area (Å²) in [5.41, 5.74) is 24.3. The van der Waals surface area contributed by atoms with Crippen LogP contribution in [0.15, 0.2) is 88.7 Å². The highest BCUT2D eigenvalue weighted by atomic mass is 31.3. The monoisotopic (exact) mass is 2050 g/mol. The Morgan fingerprint density at radius 1 is 0.619 bits per heavy atom. The van der Waals surface area contributed by atoms with Gasteiger partial charge in [-0.25, -0.2) is 32.0 Å². The van der Waals surface area contributed by atoms with Crippen molar-refractivity contribution in [2.45, 2.75) is 154 Å². The molecule has 5 aromatic carbocycles. The number of carbonyl (C=O) groups is 2. The number of carbonyl (C=O) groups excluding carboxylic acids is 2. The largest absolute Gasteiger partial charge is 0.545 e. The Morgan fingerprint density at radius 2 is 1.11 bits per heavy atom. The number of amides is 1. The van der Waals surface area contributed by atoms with Gasteiger partial charge in [-0.1, -0.05) is 57.4 Å². The summed E-state index contributed by atoms with van der Waals surface area (Å²) in [5, 5.41) is 64.2. The van der Waals surface area contributed by atoms with Gasteiger partial charge >= 0.3 is 46.9 Å². The number of fused-ring (bicyclic) bond motifs is 6. The lowest BCUT2D eigenvalue weighted by Gasteiger charge is -2.39. The summed E-state index contributed by atoms with van der Waals surface area (Å²) in [6.07, 6.45) is -0.189. The topological polar surface area (TPSA) is 747 Å². The van der Waals surface area contributed by atoms with E-state index in [4.69, 9.17) is 60.5 Å². The highest BCUT2D eigenvalue weighted by molar-refractivity contribution is 7.67. The number of aromatic nitrogens is 6. The molecule has 0 spiro atoms. The first-order valence-electron chi connectivity index (χ1n) is 43.1. The van der Waals surface area contributed by atoms with E-state index in [1.165, 1.54) is 80.1 Å². The van der Waals surface area contributed by atoms with E-state index >= 15 is 0 Å². The summed E-state index contributed by atoms with van der Waals surface area (Å²) in [5.74, 6) is 9.39. The molecule has 50 nitrogen and oxygen atoms in total. The first-order chi connectivity index (χ1) is 65.5. The fourth-order valence-electron chi connectivity index (χ4n) is 18.2. The zero-order chi connectivity index (χ0) is 100. The maximum Gasteiger partial charge on any atom is 0.490 e. The predicted octanol–water partition coefficient (Wildman–Crippen LogP) is 5.13. The van der Waals surface area contributed by atoms with Crippen molar-refractivity contribution in [1.29, 1.82) is 0 Å². The predicted molar refractivity (Wildman–Crippen MR) is 485 cm³/mol. The molecule has 4 unspecified atom stereocenters. The smallest absolute Gasteiger partial charge is 0.490 e. The van der Waals surface area contributed by atoms with Crippen LogP contribution in [0.25, 0.3) is 27.6 Å². The van der Waals surface area contributed by atoms with Gasteiger partial charge in [-0.15, -0.1) is 0 Å². The molecular formula is C83H94N14O36P6. The number of nitro groups is 2. The number of aliphatic hydroxyl groups is 2. The number of hydrogen-bond acceptors (Lipinski definition) is 34. The quantitative estimate of drug-likeness (QED) is 0.00854. The van der Waals surface area contributed by atoms with E-state index in [0.29, 0.717) is 16.7 Å². The summed E-state index contributed by atoms with van der Waals surface area (Å²) in [4.78, 5) is 167. The van der Waals surface area contributed by atoms with E-state index in [9.17, 15) is 102 Å². The third kappa shape index (κ3) is 23.2. The number of hydrogen-bond donors (Lipinski definition) is 16. The molecule has 742 valence electrons. The van der Waals surface area contributed by atoms with Crippen LogP contribution in [0.3, 0.4) is 0 Å². The van der Waals surface area contributed by atoms with Crippen molar-refractivity contribution in [3.63, 3.8) is 0 Å². The summed E-state index contributed by atoms with van der Waals surface area (Å²) in [7, 11) is -34.0. The number of aliphatic hydroxyl groups excluding tert-OH is 2. The Labute approximate surface area is 786 Å². The Hall–Kier alpha value is -10.8. The molecule has 139 heavy (non-hydrogen) atoms. The molecule has 11 heterocycles. The number of nitrogen functional groups attached to an aromatic ring is 2. The zero-order valence-electron chi connectivity index (χ0n) is 74.0. The summed E-state index contributed by atoms with van der Waals surface area (Å²) >= 11 is 0. The number of benzene rings is 5. The first-order valence-corrected chi connectivity index (χ1v) is 52.1. The molecular weight excluding hydrogens is 1950 g/mol. The highest BCUT2D eigenvalue weighted by Gasteiger charge is 2.47. The lowest BCUT2D eigenvalue weighted by atomic mass is 9.81. The SMILES string of the molecule is CC(C)[C@@H](OCc1cn([C@H]2C[C@@H](O)[C@@H](COP(=O)(O)OP(=O)(O)OP(=O)(O)O)O2)c2nc(N)[nH]c(=O)c12)c1ccc(C#CCN)cc1[N+](=O)[O-].CC(C)[C@@H](OCc1cn([C@H]2C[C@@H](O)[C@@H](COP(=O)(O)OP(=O)(O)OP(=O)(O)O)O2)c2nc(N)[nH]c(=O)c12)c1ccc(C#CCNC(=O)c2ccc(C(=O)[O-])c(C3=c4cc5c6c(c4Oc4c3cc3c7c4CCCN7CCC3)CCC[N+]=6CCC5)c2)cc1[N+](=O)[O-]. The van der Waals surface area contributed by atoms with Crippen molar-refractivity contribution in [2.24, 2.45) is 17.6 Å². The van der Waals surface area contributed by atoms with Crippen molar-refractivity contribution < 1.29 is 151 Å². The third-order valence-electron chi connectivity index (χ3n) is 23.7. The van der Waals surface area contributed by atoms with Gasteiger partial charge in [0.1, 0.15) is 49.3 Å². The molecule has 19 N–H and O–H groups in total. The van der Waals surface area contributed by atoms with E-state index < -0.39 is 148 Å². The number of ether oxygens (including phenoxy) is 5. The molecule has 0 aliphatic carbocycles. The van der Waals surface area contributed by atoms with Crippen molar-refractivity contribution in [3.05, 3.63) is 209 Å². The number of nitrogens with zero attached hydrogens (tertiary/aromatic N) is 8. The van der Waals surface area contributed by atoms with Crippen molar-refractivity contribution >= 4 is 115 Å². The maximum absolute atomic E-state index is 14.2. The average molecular weight is 2050 g/mol. The Bertz CT molecular complexity index is 7190. The normalized spacial score (nSPS) is 20.4. The molecule has 56 heteroatoms. The number of aryl methyl sites for hydroxylation is 2. The second-order valence-electron chi connectivity index (χ2n) is 34.0. The number of phosphoric acid groups is 6. The number of nitrogens with one attached hydrogen (secondary N) is 3. The Kier molecular flexibility index (Phi) is 30.3. The maximum atomic E-state index is 14.2. The van der Waals surface area contributed by atoms with Gasteiger partial charge in [0.25, 0.3) is 28.4 Å². The standard InChI is InChI=1S/C58H61N8O20P3.C25H33N6O16P3/c1-30(2)51(81-28-35-27-65(54-47(35)56(69)62-58(59)61-54)46-26-44(67)45(83-46)29-82-88(77,78)86-89(79,80)85-87(74,75)76)37-15-13-31(22-43(37)66(72)73)8-3-17-60-55(68)34-14-16-36(57(70)71)40(25-34)48-41-23-32-9-4-18-63-20-6-11-38(49(32)63)52(41)84-53-39-12-7-21-64-19-5-10-33(50(39)64)24-42(48)53;1-13(2)22(16-6-5-14(4-3-7-26)8-17(16)31(34)35)43-11-15-10-30(23-21(15)24(33)29-25(27)28-23)20-9-18(32)19(45-20)12-44-49(39,40)47-50(41,42)46-48(36,37)38/h13-16,22-25,27,30,44-46,51,67H,4-7,9-12,17-21,26,28-29H2,1-2H3,(H8-,59,60,61,62,68,69,70,71,74,75,76,77,78,79,80);5-6,8,10,13,18-20,22,32H,7,9,11-12,26H2,1-2H3,(H,39,40)(H,41,42)(H2,36,37,38)(H3,27,28,29,33)/t44-,45-,46-,51-;18-,19-,20-,22-/m11/s1. The van der Waals surface area contributed by atoms with Crippen LogP contribution in [0.5, 0.6) is 11.5 Å². The highest BCUT2D eigenvalue weighted by Crippen LogP contribution is 2.68. The van der Waals surface area contributed by atoms with Crippen LogP contribution >= 0.6 is 46.9 Å². The molecule has 2 saturated heterocycles. The molecule has 9 aromatic rings. The van der Waals surface area contributed by atoms with E-state index in [0.717, 1.165) is 111 Å². The number of H-pyrrole nitrogens is 2. The summed E-state index contributed by atoms with van der Waals surface area (Å²) in [6.45, 7) is 8.25. The van der Waals surface area contributed by atoms with Gasteiger partial charge in [0.15, 0.2) is 11.3 Å². The molecule has 2 fully saturated rings. The number of anilines is 3. The van der Waals surface area contributed by atoms with Crippen LogP contribution in [-0.4, -0.2) is 177 Å². The summed E-state index contributed by atoms with van der Waals surface area (Å²) < 4.78 is 130. The van der Waals surface area contributed by atoms with Gasteiger partial charge in [0.05, 0.1) is 107 Å². The molecule has 7 aliphatic rings. The van der Waals surface area contributed by atoms with Gasteiger partial charge in [-0.3, -0.25) is 53.6 Å². The fraction of sp³-hybridized carbons (Fsp3) is 0.410. The van der Waals surface area contributed by atoms with E-state index in [2.05, 4.69) is 96.8 Å². The van der Waals surface area contributed by atoms with Crippen molar-refractivity contribution in [1.82, 2.24) is 39.0 Å². The summed E-state index contributed by atoms with van der Waals surface area (Å²) in [6, 6.07) is 17.5. The van der Waals surface area contributed by atoms with Gasteiger partial charge in [0.2, 0.25) is 17.3 Å². The van der Waals surface area contributed by atoms with Crippen molar-refractivity contribution in [3.8, 4) is 35.2 Å². The minimum atomic E-state index is -5.84. The molecule has 7 aliphatic heterocycles. The van der Waals surface area contributed by atoms with E-state index in [1.54, 1.807) is 45.9 Å². The zero-order valence-corrected chi connectivity index (χ0v) is 79.4. The number of aromatic carboxylic acids is 1. The molecule has 0 saturated carbocycles. The van der Waals surface area contributed by atoms with Crippen molar-refractivity contribution in [2.75, 3.05) is 68.8 Å². The van der Waals surface area contributed by atoms with Crippen LogP contribution in [0.4, 0.5) is 29.0 Å². The Morgan fingerprint density at radius 3 is 1.60 bits per heavy atom. The van der Waals surface area contributed by atoms with E-state index in [1.807, 2.05) is 0 Å². The fourth-order valence-corrected chi connectivity index (χ4v) is 24.3. The third-order valence-corrected chi connectivity index (χ3v) is 31.3. The number of aromatic amines is 2. The van der Waals surface area contributed by atoms with E-state index in [-0.39, 0.29) is 129 Å². The molecule has 0 bridgehead atoms. The number of nitrogens with two attached hydrogens (primary N) is 3.